The molecule has 0 heterocycles. The number of nitro groups is 1. The summed E-state index contributed by atoms with van der Waals surface area (Å²) in [6.45, 7) is 0.848. The Morgan fingerprint density at radius 2 is 1.93 bits per heavy atom. The molecule has 0 fully saturated rings. The molecule has 2 aromatic carbocycles. The minimum absolute atomic E-state index is 0.0341. The summed E-state index contributed by atoms with van der Waals surface area (Å²) >= 11 is 8.46. The lowest BCUT2D eigenvalue weighted by Gasteiger charge is -2.11. The molecule has 0 radical (unpaired) electrons. The molecule has 142 valence electrons. The number of nitrogens with one attached hydrogen (secondary N) is 2. The third-order valence-electron chi connectivity index (χ3n) is 3.30. The first-order valence-corrected chi connectivity index (χ1v) is 8.89. The molecule has 2 aromatic rings. The minimum atomic E-state index is -0.496. The average molecular weight is 454 g/mol. The van der Waals surface area contributed by atoms with Gasteiger partial charge in [0.2, 0.25) is 0 Å². The molecule has 0 saturated carbocycles. The number of benzene rings is 2. The predicted molar refractivity (Wildman–Crippen MR) is 108 cm³/mol. The standard InChI is InChI=1S/C17H16BrN3O5S/c1-25-8-9-26-15-7-2-11(10-14(15)18)16(22)20-17(27)19-12-3-5-13(6-4-12)21(23)24/h2-7,10H,8-9H2,1H3,(H2,19,20,22,27). The van der Waals surface area contributed by atoms with Crippen LogP contribution in [0.15, 0.2) is 46.9 Å². The maximum Gasteiger partial charge on any atom is 0.269 e. The molecule has 0 spiro atoms. The van der Waals surface area contributed by atoms with E-state index in [1.54, 1.807) is 25.3 Å². The Balaban J connectivity index is 1.94. The summed E-state index contributed by atoms with van der Waals surface area (Å²) in [5.41, 5.74) is 0.871. The molecule has 27 heavy (non-hydrogen) atoms. The molecular weight excluding hydrogens is 438 g/mol. The zero-order valence-corrected chi connectivity index (χ0v) is 16.6. The topological polar surface area (TPSA) is 103 Å². The lowest BCUT2D eigenvalue weighted by atomic mass is 10.2. The number of hydrogen-bond donors (Lipinski definition) is 2. The maximum atomic E-state index is 12.3. The molecule has 2 rings (SSSR count). The Kier molecular flexibility index (Phi) is 7.65. The van der Waals surface area contributed by atoms with Crippen molar-refractivity contribution in [1.82, 2.24) is 5.32 Å². The van der Waals surface area contributed by atoms with Crippen molar-refractivity contribution in [2.45, 2.75) is 0 Å². The molecule has 0 saturated heterocycles. The second-order valence-corrected chi connectivity index (χ2v) is 6.46. The summed E-state index contributed by atoms with van der Waals surface area (Å²) in [5, 5.41) is 16.1. The summed E-state index contributed by atoms with van der Waals surface area (Å²) < 4.78 is 11.1. The molecule has 0 unspecified atom stereocenters. The van der Waals surface area contributed by atoms with Gasteiger partial charge in [-0.1, -0.05) is 0 Å². The summed E-state index contributed by atoms with van der Waals surface area (Å²) in [6, 6.07) is 10.6. The number of thiocarbonyl (C=S) groups is 1. The number of carbonyl (C=O) groups excluding carboxylic acids is 1. The first-order valence-electron chi connectivity index (χ1n) is 7.69. The predicted octanol–water partition coefficient (Wildman–Crippen LogP) is 3.51. The molecule has 2 N–H and O–H groups in total. The number of anilines is 1. The summed E-state index contributed by atoms with van der Waals surface area (Å²) in [5.74, 6) is 0.189. The lowest BCUT2D eigenvalue weighted by molar-refractivity contribution is -0.384. The number of nitro benzene ring substituents is 1. The van der Waals surface area contributed by atoms with Gasteiger partial charge in [0.1, 0.15) is 12.4 Å². The highest BCUT2D eigenvalue weighted by Gasteiger charge is 2.12. The fourth-order valence-electron chi connectivity index (χ4n) is 2.00. The van der Waals surface area contributed by atoms with Crippen molar-refractivity contribution in [3.63, 3.8) is 0 Å². The van der Waals surface area contributed by atoms with Gasteiger partial charge in [0, 0.05) is 30.5 Å². The van der Waals surface area contributed by atoms with Crippen molar-refractivity contribution >= 4 is 50.5 Å². The van der Waals surface area contributed by atoms with E-state index >= 15 is 0 Å². The zero-order chi connectivity index (χ0) is 19.8. The van der Waals surface area contributed by atoms with E-state index in [2.05, 4.69) is 26.6 Å². The zero-order valence-electron chi connectivity index (χ0n) is 14.2. The molecule has 1 amide bonds. The molecule has 0 aromatic heterocycles. The van der Waals surface area contributed by atoms with E-state index in [4.69, 9.17) is 21.7 Å². The molecule has 0 aliphatic rings. The fraction of sp³-hybridized carbons (Fsp3) is 0.176. The van der Waals surface area contributed by atoms with Crippen LogP contribution in [0.3, 0.4) is 0 Å². The smallest absolute Gasteiger partial charge is 0.269 e. The van der Waals surface area contributed by atoms with E-state index in [1.807, 2.05) is 0 Å². The Morgan fingerprint density at radius 1 is 1.22 bits per heavy atom. The number of halogens is 1. The summed E-state index contributed by atoms with van der Waals surface area (Å²) in [4.78, 5) is 22.5. The molecule has 0 aliphatic carbocycles. The minimum Gasteiger partial charge on any atom is -0.490 e. The SMILES string of the molecule is COCCOc1ccc(C(=O)NC(=S)Nc2ccc([N+](=O)[O-])cc2)cc1Br. The van der Waals surface area contributed by atoms with E-state index in [1.165, 1.54) is 24.3 Å². The number of methoxy groups -OCH3 is 1. The van der Waals surface area contributed by atoms with Crippen molar-refractivity contribution in [2.24, 2.45) is 0 Å². The molecule has 10 heteroatoms. The van der Waals surface area contributed by atoms with E-state index in [0.717, 1.165) is 0 Å². The Hall–Kier alpha value is -2.56. The largest absolute Gasteiger partial charge is 0.490 e. The van der Waals surface area contributed by atoms with Crippen LogP contribution in [-0.2, 0) is 4.74 Å². The van der Waals surface area contributed by atoms with Gasteiger partial charge in [-0.2, -0.15) is 0 Å². The monoisotopic (exact) mass is 453 g/mol. The molecular formula is C17H16BrN3O5S. The van der Waals surface area contributed by atoms with Gasteiger partial charge in [-0.05, 0) is 58.5 Å². The molecule has 8 nitrogen and oxygen atoms in total. The van der Waals surface area contributed by atoms with Gasteiger partial charge in [0.05, 0.1) is 16.0 Å². The average Bonchev–Trinajstić information content (AvgIpc) is 2.63. The number of rotatable bonds is 7. The van der Waals surface area contributed by atoms with E-state index in [9.17, 15) is 14.9 Å². The number of amides is 1. The molecule has 0 bridgehead atoms. The molecule has 0 atom stereocenters. The van der Waals surface area contributed by atoms with Crippen LogP contribution in [0.4, 0.5) is 11.4 Å². The van der Waals surface area contributed by atoms with Crippen molar-refractivity contribution < 1.29 is 19.2 Å². The number of carbonyl (C=O) groups is 1. The Bertz CT molecular complexity index is 845. The third-order valence-corrected chi connectivity index (χ3v) is 4.13. The highest BCUT2D eigenvalue weighted by atomic mass is 79.9. The number of ether oxygens (including phenoxy) is 2. The van der Waals surface area contributed by atoms with Crippen LogP contribution in [0.25, 0.3) is 0 Å². The van der Waals surface area contributed by atoms with Gasteiger partial charge < -0.3 is 14.8 Å². The van der Waals surface area contributed by atoms with Gasteiger partial charge in [0.15, 0.2) is 5.11 Å². The number of hydrogen-bond acceptors (Lipinski definition) is 6. The van der Waals surface area contributed by atoms with Crippen LogP contribution in [0.2, 0.25) is 0 Å². The van der Waals surface area contributed by atoms with Crippen molar-refractivity contribution in [3.05, 3.63) is 62.6 Å². The first kappa shape index (κ1) is 20.7. The van der Waals surface area contributed by atoms with Crippen LogP contribution >= 0.6 is 28.1 Å². The van der Waals surface area contributed by atoms with Gasteiger partial charge in [-0.3, -0.25) is 20.2 Å². The highest BCUT2D eigenvalue weighted by Crippen LogP contribution is 2.26. The van der Waals surface area contributed by atoms with Gasteiger partial charge in [-0.15, -0.1) is 0 Å². The van der Waals surface area contributed by atoms with Crippen LogP contribution < -0.4 is 15.4 Å². The lowest BCUT2D eigenvalue weighted by Crippen LogP contribution is -2.34. The van der Waals surface area contributed by atoms with Gasteiger partial charge >= 0.3 is 0 Å². The highest BCUT2D eigenvalue weighted by molar-refractivity contribution is 9.10. The van der Waals surface area contributed by atoms with E-state index in [-0.39, 0.29) is 10.8 Å². The van der Waals surface area contributed by atoms with Crippen molar-refractivity contribution in [1.29, 1.82) is 0 Å². The summed E-state index contributed by atoms with van der Waals surface area (Å²) in [7, 11) is 1.58. The van der Waals surface area contributed by atoms with E-state index < -0.39 is 10.8 Å². The first-order chi connectivity index (χ1) is 12.9. The fourth-order valence-corrected chi connectivity index (χ4v) is 2.70. The van der Waals surface area contributed by atoms with Crippen LogP contribution in [0, 0.1) is 10.1 Å². The normalized spacial score (nSPS) is 10.1. The third kappa shape index (κ3) is 6.27. The second kappa shape index (κ2) is 9.95. The van der Waals surface area contributed by atoms with Crippen LogP contribution in [0.1, 0.15) is 10.4 Å². The quantitative estimate of drug-likeness (QED) is 0.286. The van der Waals surface area contributed by atoms with Crippen molar-refractivity contribution in [3.8, 4) is 5.75 Å². The summed E-state index contributed by atoms with van der Waals surface area (Å²) in [6.07, 6.45) is 0. The van der Waals surface area contributed by atoms with E-state index in [0.29, 0.717) is 34.7 Å². The number of nitrogens with zero attached hydrogens (tertiary/aromatic N) is 1. The Morgan fingerprint density at radius 3 is 2.52 bits per heavy atom. The second-order valence-electron chi connectivity index (χ2n) is 5.20. The van der Waals surface area contributed by atoms with Gasteiger partial charge in [0.25, 0.3) is 11.6 Å². The van der Waals surface area contributed by atoms with Crippen LogP contribution in [0.5, 0.6) is 5.75 Å². The Labute approximate surface area is 169 Å². The van der Waals surface area contributed by atoms with Gasteiger partial charge in [-0.25, -0.2) is 0 Å². The van der Waals surface area contributed by atoms with Crippen LogP contribution in [-0.4, -0.2) is 36.3 Å². The maximum absolute atomic E-state index is 12.3. The van der Waals surface area contributed by atoms with Crippen molar-refractivity contribution in [2.75, 3.05) is 25.6 Å². The number of non-ortho nitro benzene ring substituents is 1. The molecule has 0 aliphatic heterocycles.